The predicted octanol–water partition coefficient (Wildman–Crippen LogP) is 1.44. The molecule has 11 heavy (non-hydrogen) atoms. The summed E-state index contributed by atoms with van der Waals surface area (Å²) in [6.07, 6.45) is 7.56. The van der Waals surface area contributed by atoms with E-state index in [0.29, 0.717) is 5.41 Å². The maximum Gasteiger partial charge on any atom is 0.221 e. The molecule has 1 atom stereocenters. The average molecular weight is 153 g/mol. The molecule has 0 aromatic rings. The summed E-state index contributed by atoms with van der Waals surface area (Å²) in [7, 11) is 0. The molecule has 2 aliphatic carbocycles. The molecular weight excluding hydrogens is 138 g/mol. The molecule has 0 unspecified atom stereocenters. The SMILES string of the molecule is NC(=O)[C@H]1CC12CCCCC2. The van der Waals surface area contributed by atoms with E-state index in [0.717, 1.165) is 6.42 Å². The van der Waals surface area contributed by atoms with E-state index in [4.69, 9.17) is 5.73 Å². The Kier molecular flexibility index (Phi) is 1.44. The Morgan fingerprint density at radius 1 is 1.27 bits per heavy atom. The minimum Gasteiger partial charge on any atom is -0.369 e. The fourth-order valence-corrected chi connectivity index (χ4v) is 2.56. The third kappa shape index (κ3) is 1.05. The van der Waals surface area contributed by atoms with Gasteiger partial charge in [0.05, 0.1) is 0 Å². The molecular formula is C9H15NO. The number of primary amides is 1. The van der Waals surface area contributed by atoms with Gasteiger partial charge < -0.3 is 5.73 Å². The molecule has 1 spiro atoms. The van der Waals surface area contributed by atoms with Gasteiger partial charge in [-0.2, -0.15) is 0 Å². The molecule has 2 heteroatoms. The van der Waals surface area contributed by atoms with Crippen molar-refractivity contribution in [3.05, 3.63) is 0 Å². The van der Waals surface area contributed by atoms with Crippen molar-refractivity contribution < 1.29 is 4.79 Å². The first-order valence-corrected chi connectivity index (χ1v) is 4.54. The van der Waals surface area contributed by atoms with Crippen molar-refractivity contribution >= 4 is 5.91 Å². The lowest BCUT2D eigenvalue weighted by atomic mass is 9.84. The van der Waals surface area contributed by atoms with Crippen molar-refractivity contribution in [2.24, 2.45) is 17.1 Å². The van der Waals surface area contributed by atoms with Crippen LogP contribution in [0.3, 0.4) is 0 Å². The molecule has 1 amide bonds. The van der Waals surface area contributed by atoms with Gasteiger partial charge in [-0.25, -0.2) is 0 Å². The van der Waals surface area contributed by atoms with Crippen molar-refractivity contribution in [3.63, 3.8) is 0 Å². The summed E-state index contributed by atoms with van der Waals surface area (Å²) in [5.74, 6) is 0.176. The van der Waals surface area contributed by atoms with E-state index in [1.165, 1.54) is 32.1 Å². The highest BCUT2D eigenvalue weighted by molar-refractivity contribution is 5.80. The van der Waals surface area contributed by atoms with Gasteiger partial charge in [-0.05, 0) is 24.7 Å². The van der Waals surface area contributed by atoms with Gasteiger partial charge in [-0.15, -0.1) is 0 Å². The van der Waals surface area contributed by atoms with Crippen LogP contribution in [0, 0.1) is 11.3 Å². The molecule has 62 valence electrons. The van der Waals surface area contributed by atoms with E-state index in [1.54, 1.807) is 0 Å². The van der Waals surface area contributed by atoms with Crippen LogP contribution in [0.4, 0.5) is 0 Å². The van der Waals surface area contributed by atoms with Crippen LogP contribution in [0.25, 0.3) is 0 Å². The summed E-state index contributed by atoms with van der Waals surface area (Å²) in [5.41, 5.74) is 5.66. The average Bonchev–Trinajstić information content (AvgIpc) is 2.66. The van der Waals surface area contributed by atoms with E-state index >= 15 is 0 Å². The van der Waals surface area contributed by atoms with Crippen LogP contribution >= 0.6 is 0 Å². The van der Waals surface area contributed by atoms with Crippen molar-refractivity contribution in [1.82, 2.24) is 0 Å². The summed E-state index contributed by atoms with van der Waals surface area (Å²) in [4.78, 5) is 10.9. The molecule has 2 fully saturated rings. The monoisotopic (exact) mass is 153 g/mol. The fourth-order valence-electron chi connectivity index (χ4n) is 2.56. The summed E-state index contributed by atoms with van der Waals surface area (Å²) >= 11 is 0. The van der Waals surface area contributed by atoms with Crippen LogP contribution in [0.5, 0.6) is 0 Å². The molecule has 2 rings (SSSR count). The number of rotatable bonds is 1. The topological polar surface area (TPSA) is 43.1 Å². The Morgan fingerprint density at radius 3 is 2.36 bits per heavy atom. The lowest BCUT2D eigenvalue weighted by Gasteiger charge is -2.21. The molecule has 2 nitrogen and oxygen atoms in total. The Balaban J connectivity index is 1.99. The number of hydrogen-bond acceptors (Lipinski definition) is 1. The number of hydrogen-bond donors (Lipinski definition) is 1. The summed E-state index contributed by atoms with van der Waals surface area (Å²) in [6, 6.07) is 0. The molecule has 2 saturated carbocycles. The van der Waals surface area contributed by atoms with Gasteiger partial charge in [-0.1, -0.05) is 19.3 Å². The van der Waals surface area contributed by atoms with Crippen LogP contribution in [0.1, 0.15) is 38.5 Å². The van der Waals surface area contributed by atoms with Crippen LogP contribution in [-0.4, -0.2) is 5.91 Å². The number of nitrogens with two attached hydrogens (primary N) is 1. The molecule has 0 aliphatic heterocycles. The summed E-state index contributed by atoms with van der Waals surface area (Å²) in [5, 5.41) is 0. The second-order valence-corrected chi connectivity index (χ2v) is 4.08. The highest BCUT2D eigenvalue weighted by Gasteiger charge is 2.56. The zero-order valence-electron chi connectivity index (χ0n) is 6.81. The molecule has 0 heterocycles. The minimum absolute atomic E-state index is 0.0631. The van der Waals surface area contributed by atoms with Gasteiger partial charge in [0.2, 0.25) is 5.91 Å². The maximum atomic E-state index is 10.9. The molecule has 0 saturated heterocycles. The van der Waals surface area contributed by atoms with Crippen LogP contribution < -0.4 is 5.73 Å². The van der Waals surface area contributed by atoms with E-state index < -0.39 is 0 Å². The Labute approximate surface area is 67.1 Å². The maximum absolute atomic E-state index is 10.9. The van der Waals surface area contributed by atoms with Crippen LogP contribution in [0.15, 0.2) is 0 Å². The number of carbonyl (C=O) groups is 1. The lowest BCUT2D eigenvalue weighted by Crippen LogP contribution is -2.20. The second kappa shape index (κ2) is 2.23. The molecule has 0 radical (unpaired) electrons. The smallest absolute Gasteiger partial charge is 0.221 e. The third-order valence-corrected chi connectivity index (χ3v) is 3.38. The largest absolute Gasteiger partial charge is 0.369 e. The zero-order valence-corrected chi connectivity index (χ0v) is 6.81. The molecule has 0 aromatic carbocycles. The molecule has 2 aliphatic rings. The number of amides is 1. The normalized spacial score (nSPS) is 33.6. The number of carbonyl (C=O) groups excluding carboxylic acids is 1. The Bertz CT molecular complexity index is 182. The first-order valence-electron chi connectivity index (χ1n) is 4.54. The molecule has 2 N–H and O–H groups in total. The first kappa shape index (κ1) is 7.14. The summed E-state index contributed by atoms with van der Waals surface area (Å²) < 4.78 is 0. The Hall–Kier alpha value is -0.530. The van der Waals surface area contributed by atoms with E-state index in [2.05, 4.69) is 0 Å². The Morgan fingerprint density at radius 2 is 1.91 bits per heavy atom. The highest BCUT2D eigenvalue weighted by Crippen LogP contribution is 2.61. The van der Waals surface area contributed by atoms with Gasteiger partial charge in [-0.3, -0.25) is 4.79 Å². The lowest BCUT2D eigenvalue weighted by molar-refractivity contribution is -0.120. The van der Waals surface area contributed by atoms with Crippen molar-refractivity contribution in [1.29, 1.82) is 0 Å². The first-order chi connectivity index (χ1) is 5.25. The van der Waals surface area contributed by atoms with E-state index in [1.807, 2.05) is 0 Å². The van der Waals surface area contributed by atoms with Crippen molar-refractivity contribution in [2.75, 3.05) is 0 Å². The molecule has 0 aromatic heterocycles. The van der Waals surface area contributed by atoms with E-state index in [9.17, 15) is 4.79 Å². The van der Waals surface area contributed by atoms with Crippen LogP contribution in [0.2, 0.25) is 0 Å². The van der Waals surface area contributed by atoms with E-state index in [-0.39, 0.29) is 11.8 Å². The van der Waals surface area contributed by atoms with Crippen molar-refractivity contribution in [3.8, 4) is 0 Å². The summed E-state index contributed by atoms with van der Waals surface area (Å²) in [6.45, 7) is 0. The minimum atomic E-state index is -0.0631. The van der Waals surface area contributed by atoms with Gasteiger partial charge >= 0.3 is 0 Å². The zero-order chi connectivity index (χ0) is 7.90. The fraction of sp³-hybridized carbons (Fsp3) is 0.889. The van der Waals surface area contributed by atoms with Gasteiger partial charge in [0.1, 0.15) is 0 Å². The van der Waals surface area contributed by atoms with Gasteiger partial charge in [0, 0.05) is 5.92 Å². The van der Waals surface area contributed by atoms with Gasteiger partial charge in [0.15, 0.2) is 0 Å². The van der Waals surface area contributed by atoms with Gasteiger partial charge in [0.25, 0.3) is 0 Å². The standard InChI is InChI=1S/C9H15NO/c10-8(11)7-6-9(7)4-2-1-3-5-9/h7H,1-6H2,(H2,10,11)/t7-/m1/s1. The van der Waals surface area contributed by atoms with Crippen molar-refractivity contribution in [2.45, 2.75) is 38.5 Å². The third-order valence-electron chi connectivity index (χ3n) is 3.38. The second-order valence-electron chi connectivity index (χ2n) is 4.08. The molecule has 0 bridgehead atoms. The quantitative estimate of drug-likeness (QED) is 0.608. The predicted molar refractivity (Wildman–Crippen MR) is 42.8 cm³/mol. The van der Waals surface area contributed by atoms with Crippen LogP contribution in [-0.2, 0) is 4.79 Å². The highest BCUT2D eigenvalue weighted by atomic mass is 16.1.